The maximum atomic E-state index is 5.49. The average Bonchev–Trinajstić information content (AvgIpc) is 2.97. The number of nitrogens with zero attached hydrogens (tertiary/aromatic N) is 3. The smallest absolute Gasteiger partial charge is 0.323 e. The summed E-state index contributed by atoms with van der Waals surface area (Å²) in [6.45, 7) is 4.74. The third kappa shape index (κ3) is 4.86. The Kier molecular flexibility index (Phi) is 5.74. The van der Waals surface area contributed by atoms with E-state index in [1.54, 1.807) is 18.4 Å². The van der Waals surface area contributed by atoms with E-state index in [0.717, 1.165) is 12.8 Å². The summed E-state index contributed by atoms with van der Waals surface area (Å²) in [4.78, 5) is 14.1. The first kappa shape index (κ1) is 15.5. The number of nitrogens with one attached hydrogen (secondary N) is 2. The van der Waals surface area contributed by atoms with Gasteiger partial charge in [0.2, 0.25) is 11.9 Å². The molecule has 0 aromatic carbocycles. The van der Waals surface area contributed by atoms with E-state index in [1.807, 2.05) is 6.92 Å². The third-order valence-corrected chi connectivity index (χ3v) is 3.64. The number of anilines is 2. The minimum absolute atomic E-state index is 0.231. The number of hydrogen-bond donors (Lipinski definition) is 2. The topological polar surface area (TPSA) is 72.0 Å². The lowest BCUT2D eigenvalue weighted by molar-refractivity contribution is 0.292. The standard InChI is InChI=1S/C14H21N5OS/c1-4-7-20-14-18-12(15-3)17-13(19-14)16-10(2)9-11-6-5-8-21-11/h5-6,8,10H,4,7,9H2,1-3H3,(H2,15,16,17,18,19). The first-order valence-electron chi connectivity index (χ1n) is 7.06. The second-order valence-electron chi connectivity index (χ2n) is 4.69. The lowest BCUT2D eigenvalue weighted by Gasteiger charge is -2.14. The second kappa shape index (κ2) is 7.78. The summed E-state index contributed by atoms with van der Waals surface area (Å²) in [5.41, 5.74) is 0. The fraction of sp³-hybridized carbons (Fsp3) is 0.500. The zero-order chi connectivity index (χ0) is 15.1. The first-order valence-corrected chi connectivity index (χ1v) is 7.94. The molecule has 2 aromatic rings. The summed E-state index contributed by atoms with van der Waals surface area (Å²) in [5.74, 6) is 1.03. The van der Waals surface area contributed by atoms with E-state index in [9.17, 15) is 0 Å². The molecule has 2 rings (SSSR count). The Hall–Kier alpha value is -1.89. The molecule has 2 N–H and O–H groups in total. The average molecular weight is 307 g/mol. The SMILES string of the molecule is CCCOc1nc(NC)nc(NC(C)Cc2cccs2)n1. The minimum atomic E-state index is 0.231. The van der Waals surface area contributed by atoms with Crippen molar-refractivity contribution in [2.24, 2.45) is 0 Å². The summed E-state index contributed by atoms with van der Waals surface area (Å²) in [6, 6.07) is 4.77. The van der Waals surface area contributed by atoms with E-state index in [0.29, 0.717) is 24.5 Å². The molecule has 21 heavy (non-hydrogen) atoms. The zero-order valence-electron chi connectivity index (χ0n) is 12.6. The molecular formula is C14H21N5OS. The second-order valence-corrected chi connectivity index (χ2v) is 5.72. The normalized spacial score (nSPS) is 12.0. The van der Waals surface area contributed by atoms with Gasteiger partial charge in [-0.2, -0.15) is 15.0 Å². The molecule has 0 spiro atoms. The van der Waals surface area contributed by atoms with E-state index in [4.69, 9.17) is 4.74 Å². The Morgan fingerprint density at radius 1 is 1.29 bits per heavy atom. The van der Waals surface area contributed by atoms with Crippen molar-refractivity contribution in [3.05, 3.63) is 22.4 Å². The molecule has 0 saturated carbocycles. The summed E-state index contributed by atoms with van der Waals surface area (Å²) < 4.78 is 5.49. The molecule has 1 unspecified atom stereocenters. The van der Waals surface area contributed by atoms with Crippen molar-refractivity contribution in [3.63, 3.8) is 0 Å². The maximum Gasteiger partial charge on any atom is 0.323 e. The highest BCUT2D eigenvalue weighted by molar-refractivity contribution is 7.09. The Bertz CT molecular complexity index is 546. The van der Waals surface area contributed by atoms with Crippen LogP contribution in [0.3, 0.4) is 0 Å². The van der Waals surface area contributed by atoms with Gasteiger partial charge in [-0.25, -0.2) is 0 Å². The van der Waals surface area contributed by atoms with Crippen LogP contribution in [0.1, 0.15) is 25.1 Å². The number of rotatable bonds is 8. The Morgan fingerprint density at radius 3 is 2.76 bits per heavy atom. The van der Waals surface area contributed by atoms with Crippen LogP contribution >= 0.6 is 11.3 Å². The van der Waals surface area contributed by atoms with Gasteiger partial charge in [0, 0.05) is 24.4 Å². The van der Waals surface area contributed by atoms with Gasteiger partial charge in [-0.15, -0.1) is 11.3 Å². The van der Waals surface area contributed by atoms with Gasteiger partial charge in [-0.1, -0.05) is 13.0 Å². The van der Waals surface area contributed by atoms with Gasteiger partial charge in [0.25, 0.3) is 0 Å². The van der Waals surface area contributed by atoms with E-state index < -0.39 is 0 Å². The Labute approximate surface area is 129 Å². The first-order chi connectivity index (χ1) is 10.2. The van der Waals surface area contributed by atoms with Crippen LogP contribution in [0.5, 0.6) is 6.01 Å². The minimum Gasteiger partial charge on any atom is -0.463 e. The molecule has 114 valence electrons. The molecule has 7 heteroatoms. The van der Waals surface area contributed by atoms with Gasteiger partial charge in [-0.05, 0) is 24.8 Å². The van der Waals surface area contributed by atoms with Crippen LogP contribution in [0.4, 0.5) is 11.9 Å². The van der Waals surface area contributed by atoms with Crippen LogP contribution in [0, 0.1) is 0 Å². The lowest BCUT2D eigenvalue weighted by atomic mass is 10.2. The van der Waals surface area contributed by atoms with E-state index in [1.165, 1.54) is 4.88 Å². The van der Waals surface area contributed by atoms with Crippen molar-refractivity contribution in [2.75, 3.05) is 24.3 Å². The van der Waals surface area contributed by atoms with Crippen LogP contribution in [0.2, 0.25) is 0 Å². The molecule has 0 aliphatic heterocycles. The molecule has 6 nitrogen and oxygen atoms in total. The van der Waals surface area contributed by atoms with Gasteiger partial charge in [0.05, 0.1) is 6.61 Å². The van der Waals surface area contributed by atoms with Crippen molar-refractivity contribution < 1.29 is 4.74 Å². The molecule has 0 saturated heterocycles. The van der Waals surface area contributed by atoms with Crippen molar-refractivity contribution in [3.8, 4) is 6.01 Å². The van der Waals surface area contributed by atoms with Gasteiger partial charge >= 0.3 is 6.01 Å². The highest BCUT2D eigenvalue weighted by Crippen LogP contribution is 2.15. The fourth-order valence-electron chi connectivity index (χ4n) is 1.79. The van der Waals surface area contributed by atoms with E-state index in [2.05, 4.69) is 50.0 Å². The summed E-state index contributed by atoms with van der Waals surface area (Å²) in [5, 5.41) is 8.30. The summed E-state index contributed by atoms with van der Waals surface area (Å²) in [6.07, 6.45) is 1.85. The van der Waals surface area contributed by atoms with E-state index >= 15 is 0 Å². The predicted molar refractivity (Wildman–Crippen MR) is 86.3 cm³/mol. The zero-order valence-corrected chi connectivity index (χ0v) is 13.4. The van der Waals surface area contributed by atoms with Crippen molar-refractivity contribution in [1.82, 2.24) is 15.0 Å². The fourth-order valence-corrected chi connectivity index (χ4v) is 2.63. The Morgan fingerprint density at radius 2 is 2.10 bits per heavy atom. The summed E-state index contributed by atoms with van der Waals surface area (Å²) >= 11 is 1.75. The van der Waals surface area contributed by atoms with Crippen LogP contribution < -0.4 is 15.4 Å². The molecule has 2 heterocycles. The van der Waals surface area contributed by atoms with Crippen molar-refractivity contribution in [2.45, 2.75) is 32.7 Å². The molecule has 0 amide bonds. The molecular weight excluding hydrogens is 286 g/mol. The number of ether oxygens (including phenoxy) is 1. The molecule has 0 bridgehead atoms. The quantitative estimate of drug-likeness (QED) is 0.781. The van der Waals surface area contributed by atoms with Crippen LogP contribution in [-0.2, 0) is 6.42 Å². The lowest BCUT2D eigenvalue weighted by Crippen LogP contribution is -2.20. The molecule has 0 fully saturated rings. The van der Waals surface area contributed by atoms with Crippen molar-refractivity contribution >= 4 is 23.2 Å². The summed E-state index contributed by atoms with van der Waals surface area (Å²) in [7, 11) is 1.78. The van der Waals surface area contributed by atoms with Crippen LogP contribution in [-0.4, -0.2) is 34.6 Å². The largest absolute Gasteiger partial charge is 0.463 e. The number of thiophene rings is 1. The Balaban J connectivity index is 2.03. The highest BCUT2D eigenvalue weighted by atomic mass is 32.1. The number of aromatic nitrogens is 3. The molecule has 0 aliphatic rings. The maximum absolute atomic E-state index is 5.49. The molecule has 0 radical (unpaired) electrons. The van der Waals surface area contributed by atoms with Gasteiger partial charge < -0.3 is 15.4 Å². The molecule has 1 atom stereocenters. The number of hydrogen-bond acceptors (Lipinski definition) is 7. The van der Waals surface area contributed by atoms with Crippen LogP contribution in [0.25, 0.3) is 0 Å². The van der Waals surface area contributed by atoms with Gasteiger partial charge in [0.15, 0.2) is 0 Å². The van der Waals surface area contributed by atoms with Gasteiger partial charge in [-0.3, -0.25) is 0 Å². The van der Waals surface area contributed by atoms with Crippen molar-refractivity contribution in [1.29, 1.82) is 0 Å². The monoisotopic (exact) mass is 307 g/mol. The molecule has 2 aromatic heterocycles. The molecule has 0 aliphatic carbocycles. The highest BCUT2D eigenvalue weighted by Gasteiger charge is 2.10. The third-order valence-electron chi connectivity index (χ3n) is 2.74. The van der Waals surface area contributed by atoms with Gasteiger partial charge in [0.1, 0.15) is 0 Å². The van der Waals surface area contributed by atoms with E-state index in [-0.39, 0.29) is 6.04 Å². The predicted octanol–water partition coefficient (Wildman–Crippen LogP) is 2.81. The van der Waals surface area contributed by atoms with Crippen LogP contribution in [0.15, 0.2) is 17.5 Å².